The van der Waals surface area contributed by atoms with Crippen LogP contribution in [0.15, 0.2) is 24.8 Å². The molecule has 0 N–H and O–H groups in total. The summed E-state index contributed by atoms with van der Waals surface area (Å²) in [5.41, 5.74) is 2.81. The van der Waals surface area contributed by atoms with E-state index in [-0.39, 0.29) is 0 Å². The molecule has 0 aromatic carbocycles. The second-order valence-electron chi connectivity index (χ2n) is 5.52. The largest absolute Gasteiger partial charge is 0.341 e. The van der Waals surface area contributed by atoms with Gasteiger partial charge in [-0.05, 0) is 32.3 Å². The van der Waals surface area contributed by atoms with Crippen LogP contribution >= 0.6 is 0 Å². The highest BCUT2D eigenvalue weighted by Crippen LogP contribution is 2.23. The fourth-order valence-corrected chi connectivity index (χ4v) is 2.89. The fraction of sp³-hybridized carbons (Fsp3) is 0.400. The molecule has 7 heteroatoms. The van der Waals surface area contributed by atoms with Gasteiger partial charge in [0.15, 0.2) is 0 Å². The third kappa shape index (κ3) is 2.18. The molecule has 112 valence electrons. The Morgan fingerprint density at radius 3 is 2.77 bits per heavy atom. The Labute approximate surface area is 128 Å². The number of hydrogen-bond acceptors (Lipinski definition) is 6. The molecule has 4 heterocycles. The lowest BCUT2D eigenvalue weighted by molar-refractivity contribution is 0.568. The van der Waals surface area contributed by atoms with Crippen LogP contribution in [0.5, 0.6) is 0 Å². The molecule has 1 aliphatic rings. The van der Waals surface area contributed by atoms with Crippen LogP contribution in [0, 0.1) is 6.92 Å². The first-order valence-corrected chi connectivity index (χ1v) is 7.56. The zero-order chi connectivity index (χ0) is 14.9. The molecule has 7 nitrogen and oxygen atoms in total. The highest BCUT2D eigenvalue weighted by atomic mass is 15.3. The molecule has 0 unspecified atom stereocenters. The van der Waals surface area contributed by atoms with Gasteiger partial charge in [0, 0.05) is 31.0 Å². The van der Waals surface area contributed by atoms with Gasteiger partial charge in [0.2, 0.25) is 5.95 Å². The number of rotatable bonds is 2. The van der Waals surface area contributed by atoms with Gasteiger partial charge < -0.3 is 4.90 Å². The molecule has 0 spiro atoms. The van der Waals surface area contributed by atoms with Gasteiger partial charge in [0.25, 0.3) is 5.78 Å². The van der Waals surface area contributed by atoms with Crippen molar-refractivity contribution in [3.8, 4) is 11.3 Å². The topological polar surface area (TPSA) is 72.1 Å². The minimum atomic E-state index is 0.603. The standard InChI is InChI=1S/C15H17N7/c1-11-12(9-17-14-18-10-19-22(11)14)13-5-6-16-15(20-13)21-7-3-2-4-8-21/h5-6,9-10H,2-4,7-8H2,1H3. The van der Waals surface area contributed by atoms with E-state index in [2.05, 4.69) is 25.0 Å². The van der Waals surface area contributed by atoms with E-state index in [1.807, 2.05) is 25.4 Å². The quantitative estimate of drug-likeness (QED) is 0.719. The molecule has 0 radical (unpaired) electrons. The highest BCUT2D eigenvalue weighted by molar-refractivity contribution is 5.63. The lowest BCUT2D eigenvalue weighted by Crippen LogP contribution is -2.31. The molecule has 4 rings (SSSR count). The van der Waals surface area contributed by atoms with E-state index in [1.165, 1.54) is 25.6 Å². The molecule has 1 aliphatic heterocycles. The molecule has 0 saturated carbocycles. The lowest BCUT2D eigenvalue weighted by atomic mass is 10.1. The Balaban J connectivity index is 1.76. The van der Waals surface area contributed by atoms with Gasteiger partial charge in [-0.3, -0.25) is 0 Å². The maximum absolute atomic E-state index is 4.73. The van der Waals surface area contributed by atoms with E-state index < -0.39 is 0 Å². The molecule has 0 atom stereocenters. The highest BCUT2D eigenvalue weighted by Gasteiger charge is 2.15. The number of aryl methyl sites for hydroxylation is 1. The van der Waals surface area contributed by atoms with E-state index in [9.17, 15) is 0 Å². The van der Waals surface area contributed by atoms with Gasteiger partial charge in [-0.15, -0.1) is 0 Å². The molecular formula is C15H17N7. The van der Waals surface area contributed by atoms with Crippen molar-refractivity contribution in [2.75, 3.05) is 18.0 Å². The van der Waals surface area contributed by atoms with Crippen LogP contribution in [0.25, 0.3) is 17.0 Å². The van der Waals surface area contributed by atoms with Gasteiger partial charge in [-0.25, -0.2) is 19.5 Å². The zero-order valence-electron chi connectivity index (χ0n) is 12.5. The molecule has 0 amide bonds. The van der Waals surface area contributed by atoms with Crippen molar-refractivity contribution >= 4 is 11.7 Å². The molecule has 0 bridgehead atoms. The number of aromatic nitrogens is 6. The van der Waals surface area contributed by atoms with Gasteiger partial charge >= 0.3 is 0 Å². The third-order valence-electron chi connectivity index (χ3n) is 4.10. The zero-order valence-corrected chi connectivity index (χ0v) is 12.5. The molecular weight excluding hydrogens is 278 g/mol. The van der Waals surface area contributed by atoms with Crippen molar-refractivity contribution in [3.05, 3.63) is 30.5 Å². The van der Waals surface area contributed by atoms with Crippen LogP contribution in [0.4, 0.5) is 5.95 Å². The first-order chi connectivity index (χ1) is 10.8. The molecule has 3 aromatic heterocycles. The van der Waals surface area contributed by atoms with Crippen molar-refractivity contribution < 1.29 is 0 Å². The van der Waals surface area contributed by atoms with Crippen molar-refractivity contribution in [2.24, 2.45) is 0 Å². The minimum Gasteiger partial charge on any atom is -0.341 e. The molecule has 0 aliphatic carbocycles. The molecule has 3 aromatic rings. The van der Waals surface area contributed by atoms with Gasteiger partial charge in [0.1, 0.15) is 6.33 Å². The second-order valence-corrected chi connectivity index (χ2v) is 5.52. The Morgan fingerprint density at radius 2 is 1.91 bits per heavy atom. The summed E-state index contributed by atoms with van der Waals surface area (Å²) in [5, 5.41) is 4.21. The first kappa shape index (κ1) is 13.1. The van der Waals surface area contributed by atoms with Crippen LogP contribution in [0.1, 0.15) is 25.0 Å². The number of nitrogens with zero attached hydrogens (tertiary/aromatic N) is 7. The van der Waals surface area contributed by atoms with E-state index in [4.69, 9.17) is 4.98 Å². The van der Waals surface area contributed by atoms with Crippen LogP contribution < -0.4 is 4.90 Å². The summed E-state index contributed by atoms with van der Waals surface area (Å²) in [7, 11) is 0. The van der Waals surface area contributed by atoms with Gasteiger partial charge in [-0.1, -0.05) is 0 Å². The number of anilines is 1. The predicted octanol–water partition coefficient (Wildman–Crippen LogP) is 1.88. The van der Waals surface area contributed by atoms with Crippen molar-refractivity contribution in [3.63, 3.8) is 0 Å². The first-order valence-electron chi connectivity index (χ1n) is 7.56. The third-order valence-corrected chi connectivity index (χ3v) is 4.10. The summed E-state index contributed by atoms with van der Waals surface area (Å²) >= 11 is 0. The number of piperidine rings is 1. The van der Waals surface area contributed by atoms with E-state index in [0.29, 0.717) is 5.78 Å². The fourth-order valence-electron chi connectivity index (χ4n) is 2.89. The van der Waals surface area contributed by atoms with Crippen LogP contribution in [0.3, 0.4) is 0 Å². The van der Waals surface area contributed by atoms with Crippen molar-refractivity contribution in [1.29, 1.82) is 0 Å². The summed E-state index contributed by atoms with van der Waals surface area (Å²) in [6.07, 6.45) is 8.84. The summed E-state index contributed by atoms with van der Waals surface area (Å²) in [6, 6.07) is 1.92. The summed E-state index contributed by atoms with van der Waals surface area (Å²) in [6.45, 7) is 4.06. The molecule has 22 heavy (non-hydrogen) atoms. The summed E-state index contributed by atoms with van der Waals surface area (Å²) in [5.74, 6) is 1.40. The molecule has 1 fully saturated rings. The van der Waals surface area contributed by atoms with Crippen LogP contribution in [-0.2, 0) is 0 Å². The van der Waals surface area contributed by atoms with E-state index in [1.54, 1.807) is 4.52 Å². The number of fused-ring (bicyclic) bond motifs is 1. The van der Waals surface area contributed by atoms with Crippen LogP contribution in [0.2, 0.25) is 0 Å². The van der Waals surface area contributed by atoms with E-state index in [0.717, 1.165) is 36.0 Å². The predicted molar refractivity (Wildman–Crippen MR) is 82.6 cm³/mol. The minimum absolute atomic E-state index is 0.603. The maximum atomic E-state index is 4.73. The number of hydrogen-bond donors (Lipinski definition) is 0. The normalized spacial score (nSPS) is 15.4. The van der Waals surface area contributed by atoms with Gasteiger partial charge in [0.05, 0.1) is 11.4 Å². The second kappa shape index (κ2) is 5.32. The Morgan fingerprint density at radius 1 is 1.05 bits per heavy atom. The maximum Gasteiger partial charge on any atom is 0.252 e. The van der Waals surface area contributed by atoms with Crippen LogP contribution in [-0.4, -0.2) is 42.6 Å². The van der Waals surface area contributed by atoms with E-state index >= 15 is 0 Å². The van der Waals surface area contributed by atoms with Crippen molar-refractivity contribution in [2.45, 2.75) is 26.2 Å². The van der Waals surface area contributed by atoms with Gasteiger partial charge in [-0.2, -0.15) is 10.1 Å². The summed E-state index contributed by atoms with van der Waals surface area (Å²) < 4.78 is 1.73. The molecule has 1 saturated heterocycles. The Bertz CT molecular complexity index is 805. The Hall–Kier alpha value is -2.57. The average molecular weight is 295 g/mol. The average Bonchev–Trinajstić information content (AvgIpc) is 3.06. The summed E-state index contributed by atoms with van der Waals surface area (Å²) in [4.78, 5) is 19.9. The SMILES string of the molecule is Cc1c(-c2ccnc(N3CCCCC3)n2)cnc2ncnn12. The Kier molecular flexibility index (Phi) is 3.17. The lowest BCUT2D eigenvalue weighted by Gasteiger charge is -2.26. The van der Waals surface area contributed by atoms with Crippen molar-refractivity contribution in [1.82, 2.24) is 29.5 Å². The smallest absolute Gasteiger partial charge is 0.252 e. The monoisotopic (exact) mass is 295 g/mol.